The topological polar surface area (TPSA) is 72.8 Å². The van der Waals surface area contributed by atoms with E-state index in [9.17, 15) is 0 Å². The molecule has 0 saturated heterocycles. The summed E-state index contributed by atoms with van der Waals surface area (Å²) in [5.41, 5.74) is 10.4. The number of aryl methyl sites for hydroxylation is 2. The zero-order chi connectivity index (χ0) is 29.4. The lowest BCUT2D eigenvalue weighted by Gasteiger charge is -2.32. The molecule has 44 heavy (non-hydrogen) atoms. The van der Waals surface area contributed by atoms with Gasteiger partial charge in [-0.15, -0.1) is 20.4 Å². The number of anilines is 3. The van der Waals surface area contributed by atoms with Gasteiger partial charge in [0.2, 0.25) is 11.3 Å². The van der Waals surface area contributed by atoms with Crippen LogP contribution in [0.25, 0.3) is 45.1 Å². The van der Waals surface area contributed by atoms with Crippen LogP contribution in [-0.4, -0.2) is 29.2 Å². The molecule has 4 heterocycles. The number of hydrogen-bond donors (Lipinski definition) is 0. The van der Waals surface area contributed by atoms with Crippen LogP contribution < -0.4 is 9.64 Å². The first kappa shape index (κ1) is 24.6. The van der Waals surface area contributed by atoms with Gasteiger partial charge in [-0.1, -0.05) is 83.9 Å². The van der Waals surface area contributed by atoms with Crippen LogP contribution in [0.1, 0.15) is 11.1 Å². The number of benzene rings is 5. The molecule has 210 valence electrons. The smallest absolute Gasteiger partial charge is 0.207 e. The van der Waals surface area contributed by atoms with E-state index in [1.54, 1.807) is 0 Å². The lowest BCUT2D eigenvalue weighted by Crippen LogP contribution is -2.15. The second kappa shape index (κ2) is 9.24. The van der Waals surface area contributed by atoms with Gasteiger partial charge in [0.1, 0.15) is 0 Å². The minimum atomic E-state index is 0.638. The van der Waals surface area contributed by atoms with E-state index in [0.29, 0.717) is 11.3 Å². The van der Waals surface area contributed by atoms with Crippen LogP contribution in [0.4, 0.5) is 17.1 Å². The first-order valence-corrected chi connectivity index (χ1v) is 14.5. The average molecular weight is 572 g/mol. The Morgan fingerprint density at radius 1 is 0.500 bits per heavy atom. The minimum absolute atomic E-state index is 0.638. The molecule has 8 nitrogen and oxygen atoms in total. The first-order chi connectivity index (χ1) is 21.6. The molecule has 0 radical (unpaired) electrons. The SMILES string of the molecule is Cc1ccc(-c2nnc3c4nnc(-c5ccc(C)cc5)n4c4cc(N5c6ccccc6Oc6ccccc65)ccc4n23)cc1. The number of ether oxygens (including phenoxy) is 1. The van der Waals surface area contributed by atoms with E-state index in [2.05, 4.69) is 122 Å². The van der Waals surface area contributed by atoms with E-state index in [-0.39, 0.29) is 0 Å². The van der Waals surface area contributed by atoms with Gasteiger partial charge in [0, 0.05) is 16.8 Å². The highest BCUT2D eigenvalue weighted by Gasteiger charge is 2.27. The van der Waals surface area contributed by atoms with Crippen LogP contribution in [0.2, 0.25) is 0 Å². The summed E-state index contributed by atoms with van der Waals surface area (Å²) in [5, 5.41) is 18.7. The molecule has 0 atom stereocenters. The highest BCUT2D eigenvalue weighted by atomic mass is 16.5. The molecule has 5 aromatic carbocycles. The van der Waals surface area contributed by atoms with E-state index in [0.717, 1.165) is 62.4 Å². The van der Waals surface area contributed by atoms with Gasteiger partial charge < -0.3 is 9.64 Å². The second-order valence-corrected chi connectivity index (χ2v) is 11.1. The predicted molar refractivity (Wildman–Crippen MR) is 172 cm³/mol. The molecule has 8 heteroatoms. The Bertz CT molecular complexity index is 2340. The van der Waals surface area contributed by atoms with Crippen LogP contribution in [0, 0.1) is 13.8 Å². The average Bonchev–Trinajstić information content (AvgIpc) is 3.70. The number of aromatic nitrogens is 6. The van der Waals surface area contributed by atoms with Crippen LogP contribution in [0.5, 0.6) is 11.5 Å². The Hall–Kier alpha value is -6.02. The molecule has 8 aromatic rings. The van der Waals surface area contributed by atoms with E-state index in [1.807, 2.05) is 36.4 Å². The van der Waals surface area contributed by atoms with Crippen LogP contribution >= 0.6 is 0 Å². The Balaban J connectivity index is 1.38. The van der Waals surface area contributed by atoms with Crippen molar-refractivity contribution in [2.24, 2.45) is 0 Å². The van der Waals surface area contributed by atoms with E-state index in [4.69, 9.17) is 9.84 Å². The molecule has 0 amide bonds. The minimum Gasteiger partial charge on any atom is -0.453 e. The summed E-state index contributed by atoms with van der Waals surface area (Å²) in [4.78, 5) is 2.24. The largest absolute Gasteiger partial charge is 0.453 e. The van der Waals surface area contributed by atoms with Crippen molar-refractivity contribution >= 4 is 39.4 Å². The lowest BCUT2D eigenvalue weighted by molar-refractivity contribution is 0.477. The maximum atomic E-state index is 6.29. The molecular weight excluding hydrogens is 546 g/mol. The summed E-state index contributed by atoms with van der Waals surface area (Å²) in [6.45, 7) is 4.16. The molecule has 1 aliphatic rings. The number of hydrogen-bond acceptors (Lipinski definition) is 6. The zero-order valence-corrected chi connectivity index (χ0v) is 24.0. The van der Waals surface area contributed by atoms with Gasteiger partial charge in [0.05, 0.1) is 22.4 Å². The van der Waals surface area contributed by atoms with Gasteiger partial charge in [-0.05, 0) is 56.3 Å². The van der Waals surface area contributed by atoms with Crippen LogP contribution in [-0.2, 0) is 0 Å². The Kier molecular flexibility index (Phi) is 5.16. The van der Waals surface area contributed by atoms with Gasteiger partial charge in [-0.25, -0.2) is 0 Å². The molecule has 3 aromatic heterocycles. The fourth-order valence-corrected chi connectivity index (χ4v) is 6.10. The van der Waals surface area contributed by atoms with Crippen molar-refractivity contribution in [1.29, 1.82) is 0 Å². The number of para-hydroxylation sites is 4. The summed E-state index contributed by atoms with van der Waals surface area (Å²) >= 11 is 0. The second-order valence-electron chi connectivity index (χ2n) is 11.1. The van der Waals surface area contributed by atoms with Crippen molar-refractivity contribution in [3.05, 3.63) is 126 Å². The Labute approximate surface area is 252 Å². The molecule has 1 aliphatic heterocycles. The van der Waals surface area contributed by atoms with E-state index >= 15 is 0 Å². The molecule has 0 spiro atoms. The fourth-order valence-electron chi connectivity index (χ4n) is 6.10. The van der Waals surface area contributed by atoms with E-state index in [1.165, 1.54) is 11.1 Å². The summed E-state index contributed by atoms with van der Waals surface area (Å²) in [6.07, 6.45) is 0. The van der Waals surface area contributed by atoms with Crippen molar-refractivity contribution in [3.8, 4) is 34.3 Å². The fraction of sp³-hybridized carbons (Fsp3) is 0.0556. The summed E-state index contributed by atoms with van der Waals surface area (Å²) in [7, 11) is 0. The predicted octanol–water partition coefficient (Wildman–Crippen LogP) is 8.45. The van der Waals surface area contributed by atoms with Crippen LogP contribution in [0.15, 0.2) is 115 Å². The number of rotatable bonds is 3. The zero-order valence-electron chi connectivity index (χ0n) is 24.0. The third-order valence-electron chi connectivity index (χ3n) is 8.28. The molecular formula is C36H25N7O. The molecule has 0 unspecified atom stereocenters. The first-order valence-electron chi connectivity index (χ1n) is 14.5. The number of fused-ring (bicyclic) bond motifs is 8. The summed E-state index contributed by atoms with van der Waals surface area (Å²) < 4.78 is 10.5. The molecule has 0 bridgehead atoms. The summed E-state index contributed by atoms with van der Waals surface area (Å²) in [6, 6.07) is 39.4. The summed E-state index contributed by atoms with van der Waals surface area (Å²) in [5.74, 6) is 3.10. The van der Waals surface area contributed by atoms with E-state index < -0.39 is 0 Å². The van der Waals surface area contributed by atoms with Gasteiger partial charge in [0.25, 0.3) is 0 Å². The quantitative estimate of drug-likeness (QED) is 0.212. The highest BCUT2D eigenvalue weighted by molar-refractivity contribution is 5.94. The third kappa shape index (κ3) is 3.57. The maximum absolute atomic E-state index is 6.29. The van der Waals surface area contributed by atoms with Gasteiger partial charge in [-0.3, -0.25) is 8.80 Å². The lowest BCUT2D eigenvalue weighted by atomic mass is 10.1. The third-order valence-corrected chi connectivity index (χ3v) is 8.28. The molecule has 0 saturated carbocycles. The van der Waals surface area contributed by atoms with Gasteiger partial charge >= 0.3 is 0 Å². The maximum Gasteiger partial charge on any atom is 0.207 e. The highest BCUT2D eigenvalue weighted by Crippen LogP contribution is 2.50. The number of nitrogens with zero attached hydrogens (tertiary/aromatic N) is 7. The van der Waals surface area contributed by atoms with Crippen molar-refractivity contribution in [3.63, 3.8) is 0 Å². The Morgan fingerprint density at radius 2 is 1.00 bits per heavy atom. The van der Waals surface area contributed by atoms with Gasteiger partial charge in [0.15, 0.2) is 23.1 Å². The van der Waals surface area contributed by atoms with Crippen molar-refractivity contribution in [2.75, 3.05) is 4.90 Å². The van der Waals surface area contributed by atoms with Crippen molar-refractivity contribution < 1.29 is 4.74 Å². The molecule has 0 aliphatic carbocycles. The molecule has 9 rings (SSSR count). The molecule has 0 N–H and O–H groups in total. The standard InChI is InChI=1S/C36H25N7O/c1-22-11-15-24(16-12-22)33-37-39-35-36-40-38-34(25-17-13-23(2)14-18-25)43(36)30-21-26(19-20-27(30)42(33)35)41-28-7-3-5-9-31(28)44-32-10-6-4-8-29(32)41/h3-21H,1-2H3. The van der Waals surface area contributed by atoms with Crippen molar-refractivity contribution in [1.82, 2.24) is 29.2 Å². The Morgan fingerprint density at radius 3 is 1.55 bits per heavy atom. The van der Waals surface area contributed by atoms with Crippen molar-refractivity contribution in [2.45, 2.75) is 13.8 Å². The van der Waals surface area contributed by atoms with Crippen LogP contribution in [0.3, 0.4) is 0 Å². The molecule has 0 fully saturated rings. The normalized spacial score (nSPS) is 12.5. The van der Waals surface area contributed by atoms with Gasteiger partial charge in [-0.2, -0.15) is 0 Å². The monoisotopic (exact) mass is 571 g/mol.